The number of allylic oxidation sites excluding steroid dienone is 2. The fourth-order valence-electron chi connectivity index (χ4n) is 1.85. The monoisotopic (exact) mass is 240 g/mol. The van der Waals surface area contributed by atoms with Crippen LogP contribution in [0.5, 0.6) is 0 Å². The number of carboxylic acids is 2. The van der Waals surface area contributed by atoms with Gasteiger partial charge in [-0.25, -0.2) is 4.79 Å². The molecule has 1 aliphatic rings. The molecule has 0 fully saturated rings. The maximum atomic E-state index is 11.2. The van der Waals surface area contributed by atoms with E-state index in [4.69, 9.17) is 10.2 Å². The van der Waals surface area contributed by atoms with Crippen LogP contribution in [-0.4, -0.2) is 39.5 Å². The van der Waals surface area contributed by atoms with E-state index in [1.807, 2.05) is 0 Å². The fourth-order valence-corrected chi connectivity index (χ4v) is 1.85. The van der Waals surface area contributed by atoms with Crippen molar-refractivity contribution in [2.75, 3.05) is 0 Å². The van der Waals surface area contributed by atoms with Crippen LogP contribution in [0.4, 0.5) is 0 Å². The number of rotatable bonds is 3. The van der Waals surface area contributed by atoms with Crippen molar-refractivity contribution in [2.24, 2.45) is 5.41 Å². The van der Waals surface area contributed by atoms with Crippen LogP contribution >= 0.6 is 0 Å². The molecule has 5 heteroatoms. The van der Waals surface area contributed by atoms with Gasteiger partial charge in [-0.2, -0.15) is 0 Å². The molecule has 0 spiro atoms. The second-order valence-corrected chi connectivity index (χ2v) is 3.85. The Hall–Kier alpha value is -1.05. The second-order valence-electron chi connectivity index (χ2n) is 3.85. The van der Waals surface area contributed by atoms with Crippen LogP contribution in [0, 0.1) is 5.41 Å². The molecular formula is C11H17AlO4. The van der Waals surface area contributed by atoms with Gasteiger partial charge in [0.15, 0.2) is 17.4 Å². The van der Waals surface area contributed by atoms with E-state index < -0.39 is 17.4 Å². The standard InChI is InChI=1S/C11H14O4.Al.3H/c1-3-11(10(14)15)5-7(2)4-8(6-11)9(12)13;;;;/h4-5H,3,6H2,1-2H3,(H,12,13)(H,14,15);;;;. The van der Waals surface area contributed by atoms with Crippen molar-refractivity contribution in [3.05, 3.63) is 23.3 Å². The Kier molecular flexibility index (Phi) is 4.98. The largest absolute Gasteiger partial charge is 0.481 e. The van der Waals surface area contributed by atoms with Gasteiger partial charge in [-0.3, -0.25) is 4.79 Å². The molecule has 1 aliphatic carbocycles. The molecule has 0 aromatic heterocycles. The molecule has 0 amide bonds. The highest BCUT2D eigenvalue weighted by Crippen LogP contribution is 2.37. The Morgan fingerprint density at radius 3 is 2.38 bits per heavy atom. The minimum absolute atomic E-state index is 0. The molecule has 1 atom stereocenters. The van der Waals surface area contributed by atoms with Gasteiger partial charge in [-0.05, 0) is 25.8 Å². The third-order valence-electron chi connectivity index (χ3n) is 2.74. The van der Waals surface area contributed by atoms with Crippen molar-refractivity contribution in [3.63, 3.8) is 0 Å². The Bertz CT molecular complexity index is 370. The van der Waals surface area contributed by atoms with Gasteiger partial charge in [0.2, 0.25) is 0 Å². The molecule has 0 aromatic rings. The summed E-state index contributed by atoms with van der Waals surface area (Å²) < 4.78 is 0. The number of carbonyl (C=O) groups is 2. The van der Waals surface area contributed by atoms with E-state index >= 15 is 0 Å². The topological polar surface area (TPSA) is 74.6 Å². The average molecular weight is 240 g/mol. The van der Waals surface area contributed by atoms with Gasteiger partial charge >= 0.3 is 11.9 Å². The second kappa shape index (κ2) is 5.33. The minimum atomic E-state index is -1.05. The Labute approximate surface area is 105 Å². The minimum Gasteiger partial charge on any atom is -0.481 e. The van der Waals surface area contributed by atoms with E-state index in [1.54, 1.807) is 19.9 Å². The zero-order chi connectivity index (χ0) is 11.6. The van der Waals surface area contributed by atoms with E-state index in [-0.39, 0.29) is 29.4 Å². The lowest BCUT2D eigenvalue weighted by Gasteiger charge is -2.28. The first-order chi connectivity index (χ1) is 6.91. The molecule has 1 rings (SSSR count). The first-order valence-corrected chi connectivity index (χ1v) is 4.78. The molecule has 0 saturated heterocycles. The maximum absolute atomic E-state index is 11.2. The summed E-state index contributed by atoms with van der Waals surface area (Å²) in [5.74, 6) is -2.00. The van der Waals surface area contributed by atoms with Crippen LogP contribution < -0.4 is 0 Å². The molecular weight excluding hydrogens is 223 g/mol. The predicted octanol–water partition coefficient (Wildman–Crippen LogP) is 0.644. The van der Waals surface area contributed by atoms with Crippen molar-refractivity contribution in [3.8, 4) is 0 Å². The lowest BCUT2D eigenvalue weighted by molar-refractivity contribution is -0.146. The van der Waals surface area contributed by atoms with Crippen molar-refractivity contribution in [1.82, 2.24) is 0 Å². The number of aliphatic carboxylic acids is 2. The smallest absolute Gasteiger partial charge is 0.331 e. The van der Waals surface area contributed by atoms with Crippen molar-refractivity contribution in [2.45, 2.75) is 26.7 Å². The highest BCUT2D eigenvalue weighted by molar-refractivity contribution is 5.90. The molecule has 88 valence electrons. The summed E-state index contributed by atoms with van der Waals surface area (Å²) in [5.41, 5.74) is -0.186. The quantitative estimate of drug-likeness (QED) is 0.710. The zero-order valence-electron chi connectivity index (χ0n) is 8.78. The first-order valence-electron chi connectivity index (χ1n) is 4.78. The Morgan fingerprint density at radius 1 is 1.44 bits per heavy atom. The summed E-state index contributed by atoms with van der Waals surface area (Å²) in [7, 11) is 0. The summed E-state index contributed by atoms with van der Waals surface area (Å²) in [5, 5.41) is 18.0. The molecule has 0 radical (unpaired) electrons. The maximum Gasteiger partial charge on any atom is 0.331 e. The zero-order valence-corrected chi connectivity index (χ0v) is 8.78. The molecule has 0 aromatic carbocycles. The molecule has 0 aliphatic heterocycles. The van der Waals surface area contributed by atoms with Crippen molar-refractivity contribution >= 4 is 29.3 Å². The van der Waals surface area contributed by atoms with Gasteiger partial charge in [0.1, 0.15) is 0 Å². The average Bonchev–Trinajstić information content (AvgIpc) is 2.16. The first kappa shape index (κ1) is 15.0. The van der Waals surface area contributed by atoms with Crippen LogP contribution in [0.25, 0.3) is 0 Å². The van der Waals surface area contributed by atoms with E-state index in [0.29, 0.717) is 12.0 Å². The fraction of sp³-hybridized carbons (Fsp3) is 0.455. The number of hydrogen-bond acceptors (Lipinski definition) is 2. The molecule has 2 N–H and O–H groups in total. The highest BCUT2D eigenvalue weighted by Gasteiger charge is 2.38. The molecule has 0 saturated carbocycles. The van der Waals surface area contributed by atoms with Gasteiger partial charge < -0.3 is 10.2 Å². The lowest BCUT2D eigenvalue weighted by Crippen LogP contribution is -2.32. The summed E-state index contributed by atoms with van der Waals surface area (Å²) in [6.45, 7) is 3.47. The summed E-state index contributed by atoms with van der Waals surface area (Å²) >= 11 is 0. The summed E-state index contributed by atoms with van der Waals surface area (Å²) in [4.78, 5) is 22.0. The van der Waals surface area contributed by atoms with E-state index in [9.17, 15) is 9.59 Å². The van der Waals surface area contributed by atoms with Crippen LogP contribution in [0.1, 0.15) is 26.7 Å². The number of carboxylic acid groups (broad SMARTS) is 2. The molecule has 4 nitrogen and oxygen atoms in total. The van der Waals surface area contributed by atoms with Crippen molar-refractivity contribution in [1.29, 1.82) is 0 Å². The van der Waals surface area contributed by atoms with Crippen LogP contribution in [0.2, 0.25) is 0 Å². The molecule has 0 bridgehead atoms. The van der Waals surface area contributed by atoms with Gasteiger partial charge in [0, 0.05) is 5.57 Å². The van der Waals surface area contributed by atoms with Gasteiger partial charge in [0.25, 0.3) is 0 Å². The van der Waals surface area contributed by atoms with Crippen LogP contribution in [0.15, 0.2) is 23.3 Å². The Morgan fingerprint density at radius 2 is 2.00 bits per heavy atom. The SMILES string of the molecule is CCC1(C(=O)O)C=C(C)C=C(C(=O)O)C1.[AlH3]. The Balaban J connectivity index is 0.00000225. The van der Waals surface area contributed by atoms with Crippen LogP contribution in [-0.2, 0) is 9.59 Å². The normalized spacial score (nSPS) is 23.9. The van der Waals surface area contributed by atoms with E-state index in [0.717, 1.165) is 0 Å². The predicted molar refractivity (Wildman–Crippen MR) is 64.4 cm³/mol. The summed E-state index contributed by atoms with van der Waals surface area (Å²) in [6, 6.07) is 0. The van der Waals surface area contributed by atoms with Crippen LogP contribution in [0.3, 0.4) is 0 Å². The molecule has 16 heavy (non-hydrogen) atoms. The van der Waals surface area contributed by atoms with Gasteiger partial charge in [0.05, 0.1) is 5.41 Å². The van der Waals surface area contributed by atoms with Gasteiger partial charge in [-0.1, -0.05) is 18.6 Å². The third kappa shape index (κ3) is 2.75. The van der Waals surface area contributed by atoms with E-state index in [2.05, 4.69) is 0 Å². The number of hydrogen-bond donors (Lipinski definition) is 2. The van der Waals surface area contributed by atoms with E-state index in [1.165, 1.54) is 6.08 Å². The molecule has 0 heterocycles. The molecule has 1 unspecified atom stereocenters. The lowest BCUT2D eigenvalue weighted by atomic mass is 9.74. The third-order valence-corrected chi connectivity index (χ3v) is 2.74. The summed E-state index contributed by atoms with van der Waals surface area (Å²) in [6.07, 6.45) is 3.62. The van der Waals surface area contributed by atoms with Gasteiger partial charge in [-0.15, -0.1) is 0 Å². The highest BCUT2D eigenvalue weighted by atomic mass is 27.0. The van der Waals surface area contributed by atoms with Crippen molar-refractivity contribution < 1.29 is 19.8 Å².